The number of rotatable bonds is 5. The number of nitrogens with one attached hydrogen (secondary N) is 2. The van der Waals surface area contributed by atoms with Crippen molar-refractivity contribution in [3.8, 4) is 0 Å². The number of H-pyrrole nitrogens is 1. The fourth-order valence-corrected chi connectivity index (χ4v) is 3.67. The van der Waals surface area contributed by atoms with Crippen LogP contribution in [-0.2, 0) is 0 Å². The molecule has 0 spiro atoms. The maximum atomic E-state index is 6.36. The molecule has 5 rings (SSSR count). The largest absolute Gasteiger partial charge is 0.340 e. The van der Waals surface area contributed by atoms with E-state index in [0.717, 1.165) is 49.9 Å². The third kappa shape index (κ3) is 2.62. The number of hydrogen-bond acceptors (Lipinski definition) is 6. The zero-order valence-corrected chi connectivity index (χ0v) is 13.7. The highest BCUT2D eigenvalue weighted by molar-refractivity contribution is 5.54. The van der Waals surface area contributed by atoms with Crippen molar-refractivity contribution in [3.05, 3.63) is 24.0 Å². The molecule has 1 atom stereocenters. The molecule has 3 heterocycles. The molecule has 0 amide bonds. The Morgan fingerprint density at radius 2 is 2.12 bits per heavy atom. The van der Waals surface area contributed by atoms with Crippen LogP contribution in [0.4, 0.5) is 17.6 Å². The number of aromatic nitrogens is 4. The second-order valence-electron chi connectivity index (χ2n) is 7.51. The molecule has 4 N–H and O–H groups in total. The first-order valence-corrected chi connectivity index (χ1v) is 8.89. The Morgan fingerprint density at radius 1 is 1.25 bits per heavy atom. The molecule has 24 heavy (non-hydrogen) atoms. The third-order valence-corrected chi connectivity index (χ3v) is 5.63. The third-order valence-electron chi connectivity index (χ3n) is 5.63. The number of nitrogens with two attached hydrogens (primary N) is 1. The van der Waals surface area contributed by atoms with Crippen LogP contribution >= 0.6 is 0 Å². The average molecular weight is 325 g/mol. The first-order chi connectivity index (χ1) is 11.7. The van der Waals surface area contributed by atoms with E-state index in [2.05, 4.69) is 36.4 Å². The van der Waals surface area contributed by atoms with Gasteiger partial charge in [0.15, 0.2) is 5.82 Å². The van der Waals surface area contributed by atoms with Gasteiger partial charge in [-0.25, -0.2) is 4.98 Å². The van der Waals surface area contributed by atoms with Crippen LogP contribution in [0.25, 0.3) is 0 Å². The summed E-state index contributed by atoms with van der Waals surface area (Å²) in [5.41, 5.74) is 7.66. The number of hydrogen-bond donors (Lipinski definition) is 3. The molecule has 1 saturated heterocycles. The molecule has 2 aromatic heterocycles. The van der Waals surface area contributed by atoms with Gasteiger partial charge in [0.25, 0.3) is 0 Å². The summed E-state index contributed by atoms with van der Waals surface area (Å²) in [7, 11) is 0. The van der Waals surface area contributed by atoms with Gasteiger partial charge in [-0.05, 0) is 44.1 Å². The minimum absolute atomic E-state index is 0.0822. The van der Waals surface area contributed by atoms with Crippen molar-refractivity contribution in [1.29, 1.82) is 0 Å². The molecular weight excluding hydrogens is 302 g/mol. The fraction of sp³-hybridized carbons (Fsp3) is 0.588. The van der Waals surface area contributed by atoms with E-state index in [1.807, 2.05) is 12.3 Å². The molecule has 3 fully saturated rings. The SMILES string of the molecule is NC1([C@@H]2CCN(c3nccc(Nc4cc(C5CC5)[nH]n4)n3)C2)CC1. The molecule has 3 aliphatic rings. The number of anilines is 3. The van der Waals surface area contributed by atoms with Gasteiger partial charge in [-0.15, -0.1) is 0 Å². The highest BCUT2D eigenvalue weighted by atomic mass is 15.3. The molecule has 2 aliphatic carbocycles. The number of nitrogens with zero attached hydrogens (tertiary/aromatic N) is 4. The molecule has 2 aromatic rings. The van der Waals surface area contributed by atoms with Crippen molar-refractivity contribution in [3.63, 3.8) is 0 Å². The maximum Gasteiger partial charge on any atom is 0.227 e. The van der Waals surface area contributed by atoms with Crippen molar-refractivity contribution in [2.75, 3.05) is 23.3 Å². The minimum atomic E-state index is 0.0822. The van der Waals surface area contributed by atoms with E-state index < -0.39 is 0 Å². The van der Waals surface area contributed by atoms with Crippen LogP contribution < -0.4 is 16.0 Å². The molecule has 0 radical (unpaired) electrons. The summed E-state index contributed by atoms with van der Waals surface area (Å²) >= 11 is 0. The van der Waals surface area contributed by atoms with E-state index in [1.54, 1.807) is 0 Å². The normalized spacial score (nSPS) is 25.0. The van der Waals surface area contributed by atoms with Crippen LogP contribution in [-0.4, -0.2) is 38.8 Å². The molecule has 0 aromatic carbocycles. The lowest BCUT2D eigenvalue weighted by Gasteiger charge is -2.20. The van der Waals surface area contributed by atoms with Gasteiger partial charge in [0.2, 0.25) is 5.95 Å². The van der Waals surface area contributed by atoms with Crippen molar-refractivity contribution >= 4 is 17.6 Å². The Kier molecular flexibility index (Phi) is 3.06. The summed E-state index contributed by atoms with van der Waals surface area (Å²) in [6, 6.07) is 3.96. The Labute approximate surface area is 141 Å². The van der Waals surface area contributed by atoms with E-state index in [-0.39, 0.29) is 5.54 Å². The summed E-state index contributed by atoms with van der Waals surface area (Å²) in [6.07, 6.45) is 7.80. The lowest BCUT2D eigenvalue weighted by molar-refractivity contribution is 0.442. The van der Waals surface area contributed by atoms with Crippen LogP contribution in [0.15, 0.2) is 18.3 Å². The summed E-state index contributed by atoms with van der Waals surface area (Å²) in [6.45, 7) is 1.95. The number of aromatic amines is 1. The Bertz CT molecular complexity index is 747. The average Bonchev–Trinajstić information content (AvgIpc) is 3.47. The van der Waals surface area contributed by atoms with Gasteiger partial charge < -0.3 is 16.0 Å². The summed E-state index contributed by atoms with van der Waals surface area (Å²) in [5.74, 6) is 3.63. The quantitative estimate of drug-likeness (QED) is 0.779. The molecule has 1 aliphatic heterocycles. The first kappa shape index (κ1) is 14.2. The predicted octanol–water partition coefficient (Wildman–Crippen LogP) is 2.14. The molecule has 7 heteroatoms. The maximum absolute atomic E-state index is 6.36. The smallest absolute Gasteiger partial charge is 0.227 e. The van der Waals surface area contributed by atoms with Gasteiger partial charge in [0.1, 0.15) is 5.82 Å². The van der Waals surface area contributed by atoms with Gasteiger partial charge in [-0.3, -0.25) is 5.10 Å². The first-order valence-electron chi connectivity index (χ1n) is 8.89. The second kappa shape index (κ2) is 5.17. The predicted molar refractivity (Wildman–Crippen MR) is 92.3 cm³/mol. The Balaban J connectivity index is 1.29. The van der Waals surface area contributed by atoms with E-state index in [9.17, 15) is 0 Å². The van der Waals surface area contributed by atoms with Crippen molar-refractivity contribution in [2.24, 2.45) is 11.7 Å². The standard InChI is InChI=1S/C17H23N7/c18-17(5-6-17)12-4-8-24(10-12)16-19-7-3-14(21-16)20-15-9-13(22-23-15)11-1-2-11/h3,7,9,11-12H,1-2,4-6,8,10,18H2,(H2,19,20,21,22,23)/t12-/m1/s1. The molecular formula is C17H23N7. The van der Waals surface area contributed by atoms with E-state index in [0.29, 0.717) is 11.8 Å². The van der Waals surface area contributed by atoms with E-state index in [4.69, 9.17) is 5.73 Å². The molecule has 0 unspecified atom stereocenters. The van der Waals surface area contributed by atoms with Crippen LogP contribution in [0.1, 0.15) is 43.7 Å². The van der Waals surface area contributed by atoms with Crippen LogP contribution in [0.5, 0.6) is 0 Å². The van der Waals surface area contributed by atoms with Gasteiger partial charge in [-0.1, -0.05) is 0 Å². The second-order valence-corrected chi connectivity index (χ2v) is 7.51. The van der Waals surface area contributed by atoms with Crippen molar-refractivity contribution < 1.29 is 0 Å². The van der Waals surface area contributed by atoms with E-state index >= 15 is 0 Å². The highest BCUT2D eigenvalue weighted by Crippen LogP contribution is 2.44. The van der Waals surface area contributed by atoms with Crippen LogP contribution in [0.2, 0.25) is 0 Å². The van der Waals surface area contributed by atoms with Crippen molar-refractivity contribution in [2.45, 2.75) is 43.6 Å². The van der Waals surface area contributed by atoms with Crippen LogP contribution in [0.3, 0.4) is 0 Å². The summed E-state index contributed by atoms with van der Waals surface area (Å²) < 4.78 is 0. The molecule has 126 valence electrons. The van der Waals surface area contributed by atoms with Gasteiger partial charge in [0.05, 0.1) is 0 Å². The highest BCUT2D eigenvalue weighted by Gasteiger charge is 2.48. The van der Waals surface area contributed by atoms with Gasteiger partial charge in [-0.2, -0.15) is 10.1 Å². The zero-order chi connectivity index (χ0) is 16.1. The Hall–Kier alpha value is -2.15. The monoisotopic (exact) mass is 325 g/mol. The zero-order valence-electron chi connectivity index (χ0n) is 13.7. The molecule has 0 bridgehead atoms. The van der Waals surface area contributed by atoms with Crippen LogP contribution in [0, 0.1) is 5.92 Å². The summed E-state index contributed by atoms with van der Waals surface area (Å²) in [5, 5.41) is 10.7. The fourth-order valence-electron chi connectivity index (χ4n) is 3.67. The summed E-state index contributed by atoms with van der Waals surface area (Å²) in [4.78, 5) is 11.4. The topological polar surface area (TPSA) is 95.8 Å². The lowest BCUT2D eigenvalue weighted by Crippen LogP contribution is -2.34. The lowest BCUT2D eigenvalue weighted by atomic mass is 9.98. The molecule has 2 saturated carbocycles. The molecule has 7 nitrogen and oxygen atoms in total. The van der Waals surface area contributed by atoms with Gasteiger partial charge in [0, 0.05) is 42.5 Å². The Morgan fingerprint density at radius 3 is 2.92 bits per heavy atom. The van der Waals surface area contributed by atoms with Crippen molar-refractivity contribution in [1.82, 2.24) is 20.2 Å². The van der Waals surface area contributed by atoms with Gasteiger partial charge >= 0.3 is 0 Å². The van der Waals surface area contributed by atoms with E-state index in [1.165, 1.54) is 18.5 Å². The minimum Gasteiger partial charge on any atom is -0.340 e.